The highest BCUT2D eigenvalue weighted by Gasteiger charge is 2.34. The van der Waals surface area contributed by atoms with Gasteiger partial charge in [0, 0.05) is 5.56 Å². The van der Waals surface area contributed by atoms with Gasteiger partial charge in [0.15, 0.2) is 0 Å². The van der Waals surface area contributed by atoms with Crippen molar-refractivity contribution in [3.8, 4) is 0 Å². The Labute approximate surface area is 75.7 Å². The second-order valence-corrected chi connectivity index (χ2v) is 3.64. The number of aromatic nitrogens is 2. The Hall–Kier alpha value is -0.670. The number of rotatable bonds is 0. The lowest BCUT2D eigenvalue weighted by atomic mass is 10.0. The highest BCUT2D eigenvalue weighted by atomic mass is 35.5. The zero-order valence-corrected chi connectivity index (χ0v) is 7.72. The van der Waals surface area contributed by atoms with Gasteiger partial charge in [0.1, 0.15) is 11.5 Å². The maximum Gasteiger partial charge on any atom is 0.138 e. The van der Waals surface area contributed by atoms with E-state index in [1.54, 1.807) is 0 Å². The average Bonchev–Trinajstić information content (AvgIpc) is 2.29. The summed E-state index contributed by atoms with van der Waals surface area (Å²) in [4.78, 5) is 8.02. The molecule has 0 atom stereocenters. The van der Waals surface area contributed by atoms with Crippen molar-refractivity contribution in [2.75, 3.05) is 0 Å². The lowest BCUT2D eigenvalue weighted by molar-refractivity contribution is -0.00843. The number of fused-ring (bicyclic) bond motifs is 1. The molecule has 0 unspecified atom stereocenters. The SMILES string of the molecule is CC1(C)OCc2ncnc(Cl)c21. The Kier molecular flexibility index (Phi) is 1.59. The first-order valence-electron chi connectivity index (χ1n) is 3.75. The van der Waals surface area contributed by atoms with E-state index in [0.717, 1.165) is 11.3 Å². The Balaban J connectivity index is 2.64. The minimum Gasteiger partial charge on any atom is -0.364 e. The van der Waals surface area contributed by atoms with E-state index in [-0.39, 0.29) is 5.60 Å². The molecule has 0 radical (unpaired) electrons. The van der Waals surface area contributed by atoms with Gasteiger partial charge in [-0.05, 0) is 13.8 Å². The van der Waals surface area contributed by atoms with E-state index in [0.29, 0.717) is 11.8 Å². The molecule has 2 rings (SSSR count). The zero-order valence-electron chi connectivity index (χ0n) is 6.97. The molecule has 64 valence electrons. The largest absolute Gasteiger partial charge is 0.364 e. The first-order chi connectivity index (χ1) is 5.61. The van der Waals surface area contributed by atoms with Crippen LogP contribution in [0.4, 0.5) is 0 Å². The molecule has 2 heterocycles. The van der Waals surface area contributed by atoms with E-state index in [4.69, 9.17) is 16.3 Å². The van der Waals surface area contributed by atoms with Crippen LogP contribution in [0.25, 0.3) is 0 Å². The Morgan fingerprint density at radius 2 is 2.25 bits per heavy atom. The van der Waals surface area contributed by atoms with Crippen LogP contribution < -0.4 is 0 Å². The molecule has 0 aromatic carbocycles. The first-order valence-corrected chi connectivity index (χ1v) is 4.13. The van der Waals surface area contributed by atoms with E-state index in [9.17, 15) is 0 Å². The zero-order chi connectivity index (χ0) is 8.77. The number of ether oxygens (including phenoxy) is 1. The van der Waals surface area contributed by atoms with Crippen molar-refractivity contribution in [2.24, 2.45) is 0 Å². The van der Waals surface area contributed by atoms with Crippen LogP contribution in [0.1, 0.15) is 25.1 Å². The molecule has 0 saturated carbocycles. The van der Waals surface area contributed by atoms with Crippen molar-refractivity contribution in [2.45, 2.75) is 26.1 Å². The molecule has 0 amide bonds. The van der Waals surface area contributed by atoms with Crippen molar-refractivity contribution in [1.82, 2.24) is 9.97 Å². The Bertz CT molecular complexity index is 325. The van der Waals surface area contributed by atoms with Crippen LogP contribution in [-0.2, 0) is 16.9 Å². The van der Waals surface area contributed by atoms with Crippen LogP contribution in [0, 0.1) is 0 Å². The molecule has 0 bridgehead atoms. The highest BCUT2D eigenvalue weighted by Crippen LogP contribution is 2.37. The number of hydrogen-bond acceptors (Lipinski definition) is 3. The van der Waals surface area contributed by atoms with Crippen LogP contribution in [0.2, 0.25) is 5.15 Å². The fourth-order valence-electron chi connectivity index (χ4n) is 1.42. The molecule has 1 aliphatic heterocycles. The molecule has 1 aromatic rings. The predicted molar refractivity (Wildman–Crippen MR) is 44.9 cm³/mol. The topological polar surface area (TPSA) is 35.0 Å². The van der Waals surface area contributed by atoms with E-state index in [1.165, 1.54) is 6.33 Å². The van der Waals surface area contributed by atoms with Gasteiger partial charge in [0.05, 0.1) is 17.9 Å². The molecule has 1 aromatic heterocycles. The van der Waals surface area contributed by atoms with Crippen LogP contribution >= 0.6 is 11.6 Å². The average molecular weight is 185 g/mol. The second kappa shape index (κ2) is 2.41. The number of nitrogens with zero attached hydrogens (tertiary/aromatic N) is 2. The molecule has 0 fully saturated rings. The minimum absolute atomic E-state index is 0.340. The van der Waals surface area contributed by atoms with Gasteiger partial charge in [-0.25, -0.2) is 9.97 Å². The van der Waals surface area contributed by atoms with E-state index >= 15 is 0 Å². The second-order valence-electron chi connectivity index (χ2n) is 3.29. The summed E-state index contributed by atoms with van der Waals surface area (Å²) in [5.41, 5.74) is 1.49. The van der Waals surface area contributed by atoms with Crippen LogP contribution in [0.5, 0.6) is 0 Å². The van der Waals surface area contributed by atoms with Crippen LogP contribution in [0.15, 0.2) is 6.33 Å². The standard InChI is InChI=1S/C8H9ClN2O/c1-8(2)6-5(3-12-8)10-4-11-7(6)9/h4H,3H2,1-2H3. The predicted octanol–water partition coefficient (Wildman–Crippen LogP) is 1.90. The summed E-state index contributed by atoms with van der Waals surface area (Å²) in [6.07, 6.45) is 1.46. The third-order valence-electron chi connectivity index (χ3n) is 2.05. The number of halogens is 1. The smallest absolute Gasteiger partial charge is 0.138 e. The molecule has 0 aliphatic carbocycles. The van der Waals surface area contributed by atoms with E-state index < -0.39 is 0 Å². The van der Waals surface area contributed by atoms with Crippen molar-refractivity contribution in [3.05, 3.63) is 22.7 Å². The molecule has 0 N–H and O–H groups in total. The molecule has 0 spiro atoms. The van der Waals surface area contributed by atoms with Crippen molar-refractivity contribution >= 4 is 11.6 Å². The normalized spacial score (nSPS) is 19.2. The minimum atomic E-state index is -0.340. The number of hydrogen-bond donors (Lipinski definition) is 0. The van der Waals surface area contributed by atoms with Crippen LogP contribution in [-0.4, -0.2) is 9.97 Å². The summed E-state index contributed by atoms with van der Waals surface area (Å²) in [6, 6.07) is 0. The third-order valence-corrected chi connectivity index (χ3v) is 2.34. The van der Waals surface area contributed by atoms with Gasteiger partial charge in [-0.1, -0.05) is 11.6 Å². The Morgan fingerprint density at radius 1 is 1.50 bits per heavy atom. The maximum atomic E-state index is 5.92. The van der Waals surface area contributed by atoms with Crippen molar-refractivity contribution in [1.29, 1.82) is 0 Å². The summed E-state index contributed by atoms with van der Waals surface area (Å²) in [5.74, 6) is 0. The van der Waals surface area contributed by atoms with Gasteiger partial charge in [0.25, 0.3) is 0 Å². The summed E-state index contributed by atoms with van der Waals surface area (Å²) in [5, 5.41) is 0.502. The van der Waals surface area contributed by atoms with Crippen molar-refractivity contribution in [3.63, 3.8) is 0 Å². The van der Waals surface area contributed by atoms with E-state index in [1.807, 2.05) is 13.8 Å². The summed E-state index contributed by atoms with van der Waals surface area (Å²) in [6.45, 7) is 4.46. The van der Waals surface area contributed by atoms with E-state index in [2.05, 4.69) is 9.97 Å². The summed E-state index contributed by atoms with van der Waals surface area (Å²) < 4.78 is 5.50. The van der Waals surface area contributed by atoms with Gasteiger partial charge in [-0.2, -0.15) is 0 Å². The molecule has 12 heavy (non-hydrogen) atoms. The molecule has 3 nitrogen and oxygen atoms in total. The van der Waals surface area contributed by atoms with Crippen molar-refractivity contribution < 1.29 is 4.74 Å². The molecule has 4 heteroatoms. The quantitative estimate of drug-likeness (QED) is 0.578. The summed E-state index contributed by atoms with van der Waals surface area (Å²) in [7, 11) is 0. The van der Waals surface area contributed by atoms with Gasteiger partial charge >= 0.3 is 0 Å². The fraction of sp³-hybridized carbons (Fsp3) is 0.500. The molecule has 0 saturated heterocycles. The van der Waals surface area contributed by atoms with Gasteiger partial charge in [-0.15, -0.1) is 0 Å². The first kappa shape index (κ1) is 7.95. The van der Waals surface area contributed by atoms with Gasteiger partial charge in [0.2, 0.25) is 0 Å². The highest BCUT2D eigenvalue weighted by molar-refractivity contribution is 6.30. The lowest BCUT2D eigenvalue weighted by Crippen LogP contribution is -2.15. The monoisotopic (exact) mass is 184 g/mol. The fourth-order valence-corrected chi connectivity index (χ4v) is 1.80. The Morgan fingerprint density at radius 3 is 2.92 bits per heavy atom. The third kappa shape index (κ3) is 1.01. The summed E-state index contributed by atoms with van der Waals surface area (Å²) >= 11 is 5.92. The van der Waals surface area contributed by atoms with Gasteiger partial charge < -0.3 is 4.74 Å². The molecular formula is C8H9ClN2O. The van der Waals surface area contributed by atoms with Crippen LogP contribution in [0.3, 0.4) is 0 Å². The lowest BCUT2D eigenvalue weighted by Gasteiger charge is -2.17. The maximum absolute atomic E-state index is 5.92. The van der Waals surface area contributed by atoms with Gasteiger partial charge in [-0.3, -0.25) is 0 Å². The molecular weight excluding hydrogens is 176 g/mol. The molecule has 1 aliphatic rings.